The molecular weight excluding hydrogens is 260 g/mol. The van der Waals surface area contributed by atoms with Crippen LogP contribution in [0, 0.1) is 6.92 Å². The molecule has 0 aliphatic carbocycles. The molecule has 0 unspecified atom stereocenters. The normalized spacial score (nSPS) is 10.5. The maximum atomic E-state index is 5.90. The standard InChI is InChI=1S/C15H17ClN2O/c1-3-12-6-4-5-7-13(12)19-9-8-15-17-11(2)10-14(16)18-15/h4-7,10H,3,8-9H2,1-2H3. The summed E-state index contributed by atoms with van der Waals surface area (Å²) in [6, 6.07) is 9.82. The molecule has 1 aromatic heterocycles. The van der Waals surface area contributed by atoms with Crippen LogP contribution in [0.4, 0.5) is 0 Å². The number of hydrogen-bond donors (Lipinski definition) is 0. The van der Waals surface area contributed by atoms with Crippen molar-refractivity contribution in [3.63, 3.8) is 0 Å². The van der Waals surface area contributed by atoms with E-state index in [4.69, 9.17) is 16.3 Å². The lowest BCUT2D eigenvalue weighted by molar-refractivity contribution is 0.315. The molecule has 0 N–H and O–H groups in total. The highest BCUT2D eigenvalue weighted by molar-refractivity contribution is 6.29. The number of benzene rings is 1. The van der Waals surface area contributed by atoms with Crippen molar-refractivity contribution in [2.45, 2.75) is 26.7 Å². The van der Waals surface area contributed by atoms with Gasteiger partial charge in [0.15, 0.2) is 0 Å². The monoisotopic (exact) mass is 276 g/mol. The van der Waals surface area contributed by atoms with Gasteiger partial charge in [0.05, 0.1) is 6.61 Å². The lowest BCUT2D eigenvalue weighted by Gasteiger charge is -2.09. The Morgan fingerprint density at radius 2 is 2.00 bits per heavy atom. The van der Waals surface area contributed by atoms with Crippen LogP contribution < -0.4 is 4.74 Å². The van der Waals surface area contributed by atoms with Crippen molar-refractivity contribution in [2.75, 3.05) is 6.61 Å². The minimum Gasteiger partial charge on any atom is -0.493 e. The molecule has 4 heteroatoms. The highest BCUT2D eigenvalue weighted by Gasteiger charge is 2.03. The maximum Gasteiger partial charge on any atom is 0.133 e. The van der Waals surface area contributed by atoms with Gasteiger partial charge in [-0.1, -0.05) is 36.7 Å². The van der Waals surface area contributed by atoms with E-state index in [1.807, 2.05) is 25.1 Å². The number of nitrogens with zero attached hydrogens (tertiary/aromatic N) is 2. The van der Waals surface area contributed by atoms with Crippen LogP contribution in [0.15, 0.2) is 30.3 Å². The van der Waals surface area contributed by atoms with Gasteiger partial charge in [0.1, 0.15) is 16.7 Å². The molecule has 0 bridgehead atoms. The Morgan fingerprint density at radius 1 is 1.21 bits per heavy atom. The minimum atomic E-state index is 0.483. The van der Waals surface area contributed by atoms with Gasteiger partial charge in [0.25, 0.3) is 0 Å². The van der Waals surface area contributed by atoms with Crippen LogP contribution in [0.3, 0.4) is 0 Å². The van der Waals surface area contributed by atoms with Crippen molar-refractivity contribution in [1.29, 1.82) is 0 Å². The first-order valence-corrected chi connectivity index (χ1v) is 6.77. The van der Waals surface area contributed by atoms with Gasteiger partial charge in [-0.15, -0.1) is 0 Å². The van der Waals surface area contributed by atoms with E-state index < -0.39 is 0 Å². The zero-order valence-electron chi connectivity index (χ0n) is 11.2. The van der Waals surface area contributed by atoms with E-state index in [1.165, 1.54) is 5.56 Å². The summed E-state index contributed by atoms with van der Waals surface area (Å²) >= 11 is 5.90. The SMILES string of the molecule is CCc1ccccc1OCCc1nc(C)cc(Cl)n1. The Balaban J connectivity index is 1.96. The molecule has 100 valence electrons. The molecule has 0 atom stereocenters. The maximum absolute atomic E-state index is 5.90. The number of halogens is 1. The fourth-order valence-electron chi connectivity index (χ4n) is 1.89. The van der Waals surface area contributed by atoms with Crippen LogP contribution in [0.1, 0.15) is 24.0 Å². The first-order chi connectivity index (χ1) is 9.19. The molecule has 0 radical (unpaired) electrons. The van der Waals surface area contributed by atoms with E-state index in [0.29, 0.717) is 18.2 Å². The number of para-hydroxylation sites is 1. The van der Waals surface area contributed by atoms with Crippen molar-refractivity contribution >= 4 is 11.6 Å². The quantitative estimate of drug-likeness (QED) is 0.783. The fraction of sp³-hybridized carbons (Fsp3) is 0.333. The summed E-state index contributed by atoms with van der Waals surface area (Å²) in [6.07, 6.45) is 1.61. The van der Waals surface area contributed by atoms with E-state index in [0.717, 1.165) is 23.7 Å². The van der Waals surface area contributed by atoms with E-state index in [-0.39, 0.29) is 0 Å². The van der Waals surface area contributed by atoms with Gasteiger partial charge in [-0.2, -0.15) is 0 Å². The van der Waals surface area contributed by atoms with Crippen LogP contribution in [0.5, 0.6) is 5.75 Å². The van der Waals surface area contributed by atoms with Gasteiger partial charge in [-0.3, -0.25) is 0 Å². The van der Waals surface area contributed by atoms with Crippen molar-refractivity contribution in [3.8, 4) is 5.75 Å². The second-order valence-electron chi connectivity index (χ2n) is 4.31. The van der Waals surface area contributed by atoms with E-state index in [2.05, 4.69) is 23.0 Å². The second-order valence-corrected chi connectivity index (χ2v) is 4.70. The number of rotatable bonds is 5. The molecule has 0 amide bonds. The summed E-state index contributed by atoms with van der Waals surface area (Å²) in [7, 11) is 0. The smallest absolute Gasteiger partial charge is 0.133 e. The topological polar surface area (TPSA) is 35.0 Å². The summed E-state index contributed by atoms with van der Waals surface area (Å²) in [6.45, 7) is 4.58. The third-order valence-electron chi connectivity index (χ3n) is 2.81. The molecule has 1 heterocycles. The minimum absolute atomic E-state index is 0.483. The van der Waals surface area contributed by atoms with Crippen LogP contribution in [0.25, 0.3) is 0 Å². The van der Waals surface area contributed by atoms with Crippen molar-refractivity contribution in [2.24, 2.45) is 0 Å². The average molecular weight is 277 g/mol. The summed E-state index contributed by atoms with van der Waals surface area (Å²) in [5, 5.41) is 0.483. The summed E-state index contributed by atoms with van der Waals surface area (Å²) in [5.74, 6) is 1.66. The van der Waals surface area contributed by atoms with Gasteiger partial charge in [0.2, 0.25) is 0 Å². The molecule has 0 fully saturated rings. The molecule has 0 aliphatic rings. The zero-order chi connectivity index (χ0) is 13.7. The fourth-order valence-corrected chi connectivity index (χ4v) is 2.15. The lowest BCUT2D eigenvalue weighted by Crippen LogP contribution is -2.07. The largest absolute Gasteiger partial charge is 0.493 e. The van der Waals surface area contributed by atoms with Crippen molar-refractivity contribution in [1.82, 2.24) is 9.97 Å². The van der Waals surface area contributed by atoms with Crippen molar-refractivity contribution in [3.05, 3.63) is 52.6 Å². The highest BCUT2D eigenvalue weighted by atomic mass is 35.5. The molecule has 19 heavy (non-hydrogen) atoms. The van der Waals surface area contributed by atoms with Crippen LogP contribution in [-0.2, 0) is 12.8 Å². The van der Waals surface area contributed by atoms with Gasteiger partial charge < -0.3 is 4.74 Å². The third kappa shape index (κ3) is 3.93. The van der Waals surface area contributed by atoms with Gasteiger partial charge >= 0.3 is 0 Å². The Kier molecular flexibility index (Phi) is 4.74. The van der Waals surface area contributed by atoms with E-state index in [9.17, 15) is 0 Å². The molecule has 2 aromatic rings. The van der Waals surface area contributed by atoms with E-state index in [1.54, 1.807) is 6.07 Å². The molecular formula is C15H17ClN2O. The molecule has 3 nitrogen and oxygen atoms in total. The predicted octanol–water partition coefficient (Wildman–Crippen LogP) is 3.62. The zero-order valence-corrected chi connectivity index (χ0v) is 11.9. The Hall–Kier alpha value is -1.61. The van der Waals surface area contributed by atoms with Gasteiger partial charge in [-0.25, -0.2) is 9.97 Å². The van der Waals surface area contributed by atoms with Gasteiger partial charge in [0, 0.05) is 12.1 Å². The second kappa shape index (κ2) is 6.53. The van der Waals surface area contributed by atoms with Crippen LogP contribution >= 0.6 is 11.6 Å². The molecule has 0 saturated carbocycles. The van der Waals surface area contributed by atoms with Crippen LogP contribution in [-0.4, -0.2) is 16.6 Å². The predicted molar refractivity (Wildman–Crippen MR) is 76.8 cm³/mol. The lowest BCUT2D eigenvalue weighted by atomic mass is 10.1. The van der Waals surface area contributed by atoms with Crippen LogP contribution in [0.2, 0.25) is 5.15 Å². The van der Waals surface area contributed by atoms with Gasteiger partial charge in [-0.05, 0) is 31.0 Å². The first-order valence-electron chi connectivity index (χ1n) is 6.40. The number of ether oxygens (including phenoxy) is 1. The number of aromatic nitrogens is 2. The van der Waals surface area contributed by atoms with Crippen molar-refractivity contribution < 1.29 is 4.74 Å². The highest BCUT2D eigenvalue weighted by Crippen LogP contribution is 2.18. The van der Waals surface area contributed by atoms with E-state index >= 15 is 0 Å². The first kappa shape index (κ1) is 13.8. The number of aryl methyl sites for hydroxylation is 2. The summed E-state index contributed by atoms with van der Waals surface area (Å²) in [5.41, 5.74) is 2.09. The average Bonchev–Trinajstić information content (AvgIpc) is 2.38. The number of hydrogen-bond acceptors (Lipinski definition) is 3. The third-order valence-corrected chi connectivity index (χ3v) is 3.00. The molecule has 0 aliphatic heterocycles. The molecule has 0 spiro atoms. The molecule has 1 aromatic carbocycles. The Labute approximate surface area is 118 Å². The molecule has 2 rings (SSSR count). The Bertz CT molecular complexity index is 537. The molecule has 0 saturated heterocycles. The summed E-state index contributed by atoms with van der Waals surface area (Å²) in [4.78, 5) is 8.51. The summed E-state index contributed by atoms with van der Waals surface area (Å²) < 4.78 is 5.79. The Morgan fingerprint density at radius 3 is 2.74 bits per heavy atom.